The third-order valence-electron chi connectivity index (χ3n) is 5.43. The molecule has 2 saturated heterocycles. The Morgan fingerprint density at radius 2 is 1.86 bits per heavy atom. The first kappa shape index (κ1) is 16.8. The summed E-state index contributed by atoms with van der Waals surface area (Å²) < 4.78 is 0. The minimum Gasteiger partial charge on any atom is -0.353 e. The molecule has 21 heavy (non-hydrogen) atoms. The van der Waals surface area contributed by atoms with Crippen LogP contribution in [0.1, 0.15) is 65.2 Å². The van der Waals surface area contributed by atoms with E-state index in [0.717, 1.165) is 32.1 Å². The molecule has 4 atom stereocenters. The van der Waals surface area contributed by atoms with E-state index in [1.807, 2.05) is 13.8 Å². The molecule has 2 bridgehead atoms. The molecule has 0 saturated carbocycles. The summed E-state index contributed by atoms with van der Waals surface area (Å²) in [6, 6.07) is 1.99. The van der Waals surface area contributed by atoms with Crippen LogP contribution in [0.25, 0.3) is 0 Å². The first-order valence-corrected chi connectivity index (χ1v) is 8.75. The third kappa shape index (κ3) is 4.68. The maximum atomic E-state index is 12.3. The van der Waals surface area contributed by atoms with Gasteiger partial charge in [0.2, 0.25) is 5.91 Å². The second-order valence-electron chi connectivity index (χ2n) is 7.39. The lowest BCUT2D eigenvalue weighted by molar-refractivity contribution is -0.126. The van der Waals surface area contributed by atoms with Gasteiger partial charge >= 0.3 is 0 Å². The Labute approximate surface area is 129 Å². The van der Waals surface area contributed by atoms with Gasteiger partial charge in [-0.15, -0.1) is 0 Å². The van der Waals surface area contributed by atoms with Crippen molar-refractivity contribution in [3.05, 3.63) is 0 Å². The van der Waals surface area contributed by atoms with Gasteiger partial charge in [0.1, 0.15) is 0 Å². The standard InChI is InChI=1S/C17H33N3O/c1-12(6-4-7-13(2)18)17(21)19-14-10-15-8-5-9-16(11-14)20(15)3/h12-16H,4-11,18H2,1-3H3,(H,19,21). The fourth-order valence-electron chi connectivity index (χ4n) is 3.95. The summed E-state index contributed by atoms with van der Waals surface area (Å²) in [5.41, 5.74) is 5.76. The number of carbonyl (C=O) groups excluding carboxylic acids is 1. The lowest BCUT2D eigenvalue weighted by Gasteiger charge is -2.47. The van der Waals surface area contributed by atoms with Crippen LogP contribution in [0.4, 0.5) is 0 Å². The van der Waals surface area contributed by atoms with Gasteiger partial charge in [-0.3, -0.25) is 4.79 Å². The lowest BCUT2D eigenvalue weighted by atomic mass is 9.82. The Hall–Kier alpha value is -0.610. The van der Waals surface area contributed by atoms with Crippen molar-refractivity contribution in [2.24, 2.45) is 11.7 Å². The molecule has 3 N–H and O–H groups in total. The minimum absolute atomic E-state index is 0.114. The zero-order valence-corrected chi connectivity index (χ0v) is 14.0. The van der Waals surface area contributed by atoms with E-state index < -0.39 is 0 Å². The molecule has 0 aromatic carbocycles. The Kier molecular flexibility index (Phi) is 6.06. The van der Waals surface area contributed by atoms with Crippen LogP contribution in [0.5, 0.6) is 0 Å². The summed E-state index contributed by atoms with van der Waals surface area (Å²) in [7, 11) is 2.25. The van der Waals surface area contributed by atoms with Crippen LogP contribution in [0.15, 0.2) is 0 Å². The van der Waals surface area contributed by atoms with E-state index in [4.69, 9.17) is 5.73 Å². The molecule has 2 heterocycles. The van der Waals surface area contributed by atoms with Gasteiger partial charge < -0.3 is 16.0 Å². The molecule has 0 aromatic rings. The summed E-state index contributed by atoms with van der Waals surface area (Å²) in [4.78, 5) is 14.9. The fourth-order valence-corrected chi connectivity index (χ4v) is 3.95. The van der Waals surface area contributed by atoms with Gasteiger partial charge in [0.15, 0.2) is 0 Å². The predicted octanol–water partition coefficient (Wildman–Crippen LogP) is 2.27. The Morgan fingerprint density at radius 3 is 2.43 bits per heavy atom. The van der Waals surface area contributed by atoms with Gasteiger partial charge in [-0.25, -0.2) is 0 Å². The molecule has 0 aromatic heterocycles. The molecule has 2 fully saturated rings. The first-order chi connectivity index (χ1) is 9.97. The number of nitrogens with one attached hydrogen (secondary N) is 1. The number of nitrogens with zero attached hydrogens (tertiary/aromatic N) is 1. The molecule has 2 rings (SSSR count). The molecule has 4 heteroatoms. The Bertz CT molecular complexity index is 331. The van der Waals surface area contributed by atoms with E-state index in [1.165, 1.54) is 19.3 Å². The molecular formula is C17H33N3O. The third-order valence-corrected chi connectivity index (χ3v) is 5.43. The van der Waals surface area contributed by atoms with Gasteiger partial charge in [0, 0.05) is 30.1 Å². The second-order valence-corrected chi connectivity index (χ2v) is 7.39. The van der Waals surface area contributed by atoms with E-state index in [9.17, 15) is 4.79 Å². The quantitative estimate of drug-likeness (QED) is 0.790. The molecule has 0 radical (unpaired) electrons. The summed E-state index contributed by atoms with van der Waals surface area (Å²) >= 11 is 0. The number of amides is 1. The smallest absolute Gasteiger partial charge is 0.223 e. The Morgan fingerprint density at radius 1 is 1.24 bits per heavy atom. The number of carbonyl (C=O) groups is 1. The van der Waals surface area contributed by atoms with E-state index in [2.05, 4.69) is 17.3 Å². The highest BCUT2D eigenvalue weighted by Gasteiger charge is 2.36. The number of piperidine rings is 2. The highest BCUT2D eigenvalue weighted by atomic mass is 16.1. The van der Waals surface area contributed by atoms with Crippen LogP contribution in [0.2, 0.25) is 0 Å². The fraction of sp³-hybridized carbons (Fsp3) is 0.941. The van der Waals surface area contributed by atoms with Crippen molar-refractivity contribution in [1.29, 1.82) is 0 Å². The summed E-state index contributed by atoms with van der Waals surface area (Å²) in [5.74, 6) is 0.357. The van der Waals surface area contributed by atoms with Gasteiger partial charge in [-0.1, -0.05) is 19.8 Å². The predicted molar refractivity (Wildman–Crippen MR) is 87.0 cm³/mol. The monoisotopic (exact) mass is 295 g/mol. The molecule has 2 aliphatic heterocycles. The largest absolute Gasteiger partial charge is 0.353 e. The molecule has 2 aliphatic rings. The van der Waals surface area contributed by atoms with E-state index in [0.29, 0.717) is 18.1 Å². The molecule has 122 valence electrons. The average Bonchev–Trinajstić information content (AvgIpc) is 2.39. The van der Waals surface area contributed by atoms with Crippen LogP contribution < -0.4 is 11.1 Å². The van der Waals surface area contributed by atoms with Gasteiger partial charge in [0.25, 0.3) is 0 Å². The number of fused-ring (bicyclic) bond motifs is 2. The van der Waals surface area contributed by atoms with Crippen LogP contribution in [0.3, 0.4) is 0 Å². The topological polar surface area (TPSA) is 58.4 Å². The van der Waals surface area contributed by atoms with E-state index in [1.54, 1.807) is 0 Å². The SMILES string of the molecule is CC(N)CCCC(C)C(=O)NC1CC2CCCC(C1)N2C. The van der Waals surface area contributed by atoms with Crippen LogP contribution >= 0.6 is 0 Å². The number of rotatable bonds is 6. The summed E-state index contributed by atoms with van der Waals surface area (Å²) in [5, 5.41) is 3.31. The van der Waals surface area contributed by atoms with Crippen LogP contribution in [0, 0.1) is 5.92 Å². The maximum absolute atomic E-state index is 12.3. The summed E-state index contributed by atoms with van der Waals surface area (Å²) in [6.45, 7) is 4.08. The molecule has 4 nitrogen and oxygen atoms in total. The van der Waals surface area contributed by atoms with Crippen molar-refractivity contribution in [1.82, 2.24) is 10.2 Å². The zero-order chi connectivity index (χ0) is 15.4. The van der Waals surface area contributed by atoms with Crippen molar-refractivity contribution in [2.45, 2.75) is 89.4 Å². The second kappa shape index (κ2) is 7.59. The lowest BCUT2D eigenvalue weighted by Crippen LogP contribution is -2.55. The number of hydrogen-bond acceptors (Lipinski definition) is 3. The van der Waals surface area contributed by atoms with Crippen LogP contribution in [-0.2, 0) is 4.79 Å². The van der Waals surface area contributed by atoms with E-state index >= 15 is 0 Å². The highest BCUT2D eigenvalue weighted by Crippen LogP contribution is 2.32. The number of nitrogens with two attached hydrogens (primary N) is 1. The van der Waals surface area contributed by atoms with Crippen molar-refractivity contribution < 1.29 is 4.79 Å². The molecule has 0 aliphatic carbocycles. The molecule has 1 amide bonds. The maximum Gasteiger partial charge on any atom is 0.223 e. The van der Waals surface area contributed by atoms with Crippen LogP contribution in [-0.4, -0.2) is 42.0 Å². The summed E-state index contributed by atoms with van der Waals surface area (Å²) in [6.07, 6.45) is 9.21. The highest BCUT2D eigenvalue weighted by molar-refractivity contribution is 5.78. The van der Waals surface area contributed by atoms with Crippen molar-refractivity contribution >= 4 is 5.91 Å². The van der Waals surface area contributed by atoms with Gasteiger partial charge in [-0.2, -0.15) is 0 Å². The van der Waals surface area contributed by atoms with Crippen molar-refractivity contribution in [3.63, 3.8) is 0 Å². The zero-order valence-electron chi connectivity index (χ0n) is 14.0. The van der Waals surface area contributed by atoms with Gasteiger partial charge in [-0.05, 0) is 52.5 Å². The van der Waals surface area contributed by atoms with Crippen molar-refractivity contribution in [3.8, 4) is 0 Å². The Balaban J connectivity index is 1.75. The van der Waals surface area contributed by atoms with Crippen molar-refractivity contribution in [2.75, 3.05) is 7.05 Å². The first-order valence-electron chi connectivity index (χ1n) is 8.75. The minimum atomic E-state index is 0.114. The van der Waals surface area contributed by atoms with Gasteiger partial charge in [0.05, 0.1) is 0 Å². The average molecular weight is 295 g/mol. The van der Waals surface area contributed by atoms with E-state index in [-0.39, 0.29) is 17.9 Å². The molecular weight excluding hydrogens is 262 g/mol. The molecule has 0 spiro atoms. The normalized spacial score (nSPS) is 32.5. The molecule has 4 unspecified atom stereocenters. The number of hydrogen-bond donors (Lipinski definition) is 2.